The SMILES string of the molecule is COC(=O)N1CCC2(O)CCCCC2[C@@H]1c1ccccc1OC. The number of rotatable bonds is 2. The predicted octanol–water partition coefficient (Wildman–Crippen LogP) is 3.13. The molecule has 3 rings (SSSR count). The summed E-state index contributed by atoms with van der Waals surface area (Å²) in [5.74, 6) is 0.765. The number of amides is 1. The second-order valence-electron chi connectivity index (χ2n) is 6.56. The van der Waals surface area contributed by atoms with Crippen LogP contribution in [0.4, 0.5) is 4.79 Å². The van der Waals surface area contributed by atoms with Crippen molar-refractivity contribution in [3.05, 3.63) is 29.8 Å². The van der Waals surface area contributed by atoms with Crippen LogP contribution in [0.25, 0.3) is 0 Å². The van der Waals surface area contributed by atoms with Gasteiger partial charge in [0.15, 0.2) is 0 Å². The van der Waals surface area contributed by atoms with Crippen LogP contribution in [0.5, 0.6) is 5.75 Å². The number of benzene rings is 1. The van der Waals surface area contributed by atoms with Gasteiger partial charge in [-0.2, -0.15) is 0 Å². The topological polar surface area (TPSA) is 59.0 Å². The van der Waals surface area contributed by atoms with Crippen LogP contribution in [0, 0.1) is 5.92 Å². The molecule has 2 aliphatic rings. The predicted molar refractivity (Wildman–Crippen MR) is 86.4 cm³/mol. The lowest BCUT2D eigenvalue weighted by atomic mass is 9.66. The third-order valence-corrected chi connectivity index (χ3v) is 5.43. The third-order valence-electron chi connectivity index (χ3n) is 5.43. The number of carbonyl (C=O) groups excluding carboxylic acids is 1. The lowest BCUT2D eigenvalue weighted by Gasteiger charge is -2.52. The molecular formula is C18H25NO4. The molecule has 0 bridgehead atoms. The molecule has 1 aromatic rings. The van der Waals surface area contributed by atoms with Gasteiger partial charge in [0.1, 0.15) is 5.75 Å². The van der Waals surface area contributed by atoms with Crippen molar-refractivity contribution < 1.29 is 19.4 Å². The van der Waals surface area contributed by atoms with E-state index < -0.39 is 5.60 Å². The molecule has 2 fully saturated rings. The average molecular weight is 319 g/mol. The van der Waals surface area contributed by atoms with Gasteiger partial charge in [-0.3, -0.25) is 0 Å². The lowest BCUT2D eigenvalue weighted by Crippen LogP contribution is -2.56. The highest BCUT2D eigenvalue weighted by Gasteiger charge is 2.51. The van der Waals surface area contributed by atoms with E-state index in [0.29, 0.717) is 13.0 Å². The minimum Gasteiger partial charge on any atom is -0.496 e. The Balaban J connectivity index is 2.06. The zero-order valence-electron chi connectivity index (χ0n) is 13.8. The maximum absolute atomic E-state index is 12.3. The van der Waals surface area contributed by atoms with Gasteiger partial charge in [-0.25, -0.2) is 4.79 Å². The first-order chi connectivity index (χ1) is 11.1. The Morgan fingerprint density at radius 2 is 2.04 bits per heavy atom. The van der Waals surface area contributed by atoms with E-state index in [-0.39, 0.29) is 18.1 Å². The molecule has 126 valence electrons. The monoisotopic (exact) mass is 319 g/mol. The molecule has 0 spiro atoms. The fourth-order valence-corrected chi connectivity index (χ4v) is 4.30. The summed E-state index contributed by atoms with van der Waals surface area (Å²) in [6.07, 6.45) is 4.11. The summed E-state index contributed by atoms with van der Waals surface area (Å²) in [6.45, 7) is 0.502. The Morgan fingerprint density at radius 1 is 1.26 bits per heavy atom. The standard InChI is InChI=1S/C18H25NO4/c1-22-15-9-4-3-7-13(15)16-14-8-5-6-10-18(14,21)11-12-19(16)17(20)23-2/h3-4,7,9,14,16,21H,5-6,8,10-12H2,1-2H3/t14?,16-,18?/m0/s1. The molecule has 1 saturated carbocycles. The van der Waals surface area contributed by atoms with Crippen LogP contribution in [-0.4, -0.2) is 42.5 Å². The summed E-state index contributed by atoms with van der Waals surface area (Å²) in [5.41, 5.74) is 0.249. The minimum absolute atomic E-state index is 0.0143. The average Bonchev–Trinajstić information content (AvgIpc) is 2.59. The number of fused-ring (bicyclic) bond motifs is 1. The quantitative estimate of drug-likeness (QED) is 0.910. The van der Waals surface area contributed by atoms with Crippen molar-refractivity contribution in [1.82, 2.24) is 4.90 Å². The van der Waals surface area contributed by atoms with Gasteiger partial charge in [0.05, 0.1) is 25.9 Å². The maximum Gasteiger partial charge on any atom is 0.410 e. The molecule has 1 heterocycles. The molecule has 5 nitrogen and oxygen atoms in total. The smallest absolute Gasteiger partial charge is 0.410 e. The Labute approximate surface area is 137 Å². The van der Waals surface area contributed by atoms with Crippen LogP contribution in [0.3, 0.4) is 0 Å². The second-order valence-corrected chi connectivity index (χ2v) is 6.56. The van der Waals surface area contributed by atoms with Gasteiger partial charge in [0.2, 0.25) is 0 Å². The summed E-state index contributed by atoms with van der Waals surface area (Å²) in [5, 5.41) is 11.1. The number of carbonyl (C=O) groups is 1. The van der Waals surface area contributed by atoms with Gasteiger partial charge in [-0.05, 0) is 25.3 Å². The van der Waals surface area contributed by atoms with Crippen molar-refractivity contribution in [2.75, 3.05) is 20.8 Å². The summed E-state index contributed by atoms with van der Waals surface area (Å²) in [7, 11) is 3.04. The Bertz CT molecular complexity index is 576. The van der Waals surface area contributed by atoms with Crippen molar-refractivity contribution in [1.29, 1.82) is 0 Å². The number of para-hydroxylation sites is 1. The first-order valence-electron chi connectivity index (χ1n) is 8.30. The summed E-state index contributed by atoms with van der Waals surface area (Å²) < 4.78 is 10.5. The zero-order chi connectivity index (χ0) is 16.4. The van der Waals surface area contributed by atoms with E-state index >= 15 is 0 Å². The highest BCUT2D eigenvalue weighted by molar-refractivity contribution is 5.69. The van der Waals surface area contributed by atoms with Crippen molar-refractivity contribution in [2.45, 2.75) is 43.7 Å². The molecule has 1 N–H and O–H groups in total. The van der Waals surface area contributed by atoms with E-state index in [0.717, 1.165) is 37.0 Å². The summed E-state index contributed by atoms with van der Waals surface area (Å²) in [6, 6.07) is 7.55. The Morgan fingerprint density at radius 3 is 2.78 bits per heavy atom. The molecule has 1 aromatic carbocycles. The number of nitrogens with zero attached hydrogens (tertiary/aromatic N) is 1. The number of aliphatic hydroxyl groups is 1. The molecule has 2 unspecified atom stereocenters. The molecule has 5 heteroatoms. The van der Waals surface area contributed by atoms with Crippen LogP contribution in [0.15, 0.2) is 24.3 Å². The van der Waals surface area contributed by atoms with Crippen LogP contribution in [0.1, 0.15) is 43.7 Å². The first-order valence-corrected chi connectivity index (χ1v) is 8.30. The van der Waals surface area contributed by atoms with E-state index in [1.807, 2.05) is 24.3 Å². The van der Waals surface area contributed by atoms with E-state index in [2.05, 4.69) is 0 Å². The highest BCUT2D eigenvalue weighted by Crippen LogP contribution is 2.50. The van der Waals surface area contributed by atoms with Crippen molar-refractivity contribution in [2.24, 2.45) is 5.92 Å². The molecule has 3 atom stereocenters. The molecule has 1 saturated heterocycles. The molecule has 1 aliphatic carbocycles. The molecule has 1 amide bonds. The van der Waals surface area contributed by atoms with Crippen LogP contribution < -0.4 is 4.74 Å². The van der Waals surface area contributed by atoms with E-state index in [4.69, 9.17) is 9.47 Å². The number of piperidine rings is 1. The molecule has 0 aromatic heterocycles. The van der Waals surface area contributed by atoms with Crippen LogP contribution in [0.2, 0.25) is 0 Å². The summed E-state index contributed by atoms with van der Waals surface area (Å²) >= 11 is 0. The number of hydrogen-bond acceptors (Lipinski definition) is 4. The maximum atomic E-state index is 12.3. The van der Waals surface area contributed by atoms with E-state index in [1.54, 1.807) is 12.0 Å². The van der Waals surface area contributed by atoms with Gasteiger partial charge in [0, 0.05) is 18.0 Å². The van der Waals surface area contributed by atoms with Crippen LogP contribution in [-0.2, 0) is 4.74 Å². The second kappa shape index (κ2) is 6.40. The van der Waals surface area contributed by atoms with Crippen molar-refractivity contribution in [3.63, 3.8) is 0 Å². The number of ether oxygens (including phenoxy) is 2. The Kier molecular flexibility index (Phi) is 4.48. The first kappa shape index (κ1) is 16.1. The number of likely N-dealkylation sites (tertiary alicyclic amines) is 1. The van der Waals surface area contributed by atoms with E-state index in [1.165, 1.54) is 7.11 Å². The molecule has 0 radical (unpaired) electrons. The number of methoxy groups -OCH3 is 2. The Hall–Kier alpha value is -1.75. The van der Waals surface area contributed by atoms with Gasteiger partial charge < -0.3 is 19.5 Å². The normalized spacial score (nSPS) is 30.5. The van der Waals surface area contributed by atoms with Crippen LogP contribution >= 0.6 is 0 Å². The molecule has 1 aliphatic heterocycles. The van der Waals surface area contributed by atoms with Gasteiger partial charge in [-0.15, -0.1) is 0 Å². The van der Waals surface area contributed by atoms with Gasteiger partial charge >= 0.3 is 6.09 Å². The van der Waals surface area contributed by atoms with Crippen molar-refractivity contribution in [3.8, 4) is 5.75 Å². The van der Waals surface area contributed by atoms with Gasteiger partial charge in [0.25, 0.3) is 0 Å². The fourth-order valence-electron chi connectivity index (χ4n) is 4.30. The molecular weight excluding hydrogens is 294 g/mol. The summed E-state index contributed by atoms with van der Waals surface area (Å²) in [4.78, 5) is 14.1. The zero-order valence-corrected chi connectivity index (χ0v) is 13.8. The largest absolute Gasteiger partial charge is 0.496 e. The fraction of sp³-hybridized carbons (Fsp3) is 0.611. The van der Waals surface area contributed by atoms with Gasteiger partial charge in [-0.1, -0.05) is 31.0 Å². The van der Waals surface area contributed by atoms with E-state index in [9.17, 15) is 9.90 Å². The minimum atomic E-state index is -0.700. The number of hydrogen-bond donors (Lipinski definition) is 1. The molecule has 23 heavy (non-hydrogen) atoms. The van der Waals surface area contributed by atoms with Crippen molar-refractivity contribution >= 4 is 6.09 Å². The lowest BCUT2D eigenvalue weighted by molar-refractivity contribution is -0.118. The third kappa shape index (κ3) is 2.78. The highest BCUT2D eigenvalue weighted by atomic mass is 16.5.